The molecule has 3 aromatic rings. The average Bonchev–Trinajstić information content (AvgIpc) is 2.95. The zero-order chi connectivity index (χ0) is 31.4. The summed E-state index contributed by atoms with van der Waals surface area (Å²) in [5.41, 5.74) is 2.68. The van der Waals surface area contributed by atoms with Gasteiger partial charge in [-0.1, -0.05) is 60.7 Å². The van der Waals surface area contributed by atoms with Crippen molar-refractivity contribution in [1.82, 2.24) is 4.90 Å². The van der Waals surface area contributed by atoms with E-state index in [4.69, 9.17) is 9.29 Å². The Balaban J connectivity index is 0.000000782. The topological polar surface area (TPSA) is 108 Å². The van der Waals surface area contributed by atoms with Crippen LogP contribution in [0.1, 0.15) is 36.8 Å². The normalized spacial score (nSPS) is 23.2. The van der Waals surface area contributed by atoms with E-state index in [0.29, 0.717) is 23.6 Å². The molecule has 0 aliphatic carbocycles. The number of benzene rings is 3. The molecule has 0 aromatic heterocycles. The molecule has 6 rings (SSSR count). The van der Waals surface area contributed by atoms with E-state index in [-0.39, 0.29) is 23.2 Å². The highest BCUT2D eigenvalue weighted by atomic mass is 32.2. The Bertz CT molecular complexity index is 1450. The van der Waals surface area contributed by atoms with Gasteiger partial charge in [-0.05, 0) is 68.1 Å². The number of carbonyl (C=O) groups excluding carboxylic acids is 1. The minimum atomic E-state index is -4.97. The van der Waals surface area contributed by atoms with Gasteiger partial charge >= 0.3 is 12.1 Å². The summed E-state index contributed by atoms with van der Waals surface area (Å²) in [4.78, 5) is 14.2. The summed E-state index contributed by atoms with van der Waals surface area (Å²) in [6, 6.07) is 25.4. The maximum atomic E-state index is 12.9. The second-order valence-electron chi connectivity index (χ2n) is 11.0. The standard InChI is InChI=1S/C30H32F3N3O2.CH4O3S/c1-29(26(20-9-5-3-6-10-20)21-11-7-4-8-12-21)27(22-15-17-36(29)18-16-22)35-24-19-23(13-14-25(24)38-2)34-28(37)30(31,32)33;1-5(2,3)4/h3-14,19,22,26-27,35H,15-18H2,1-2H3,(H,34,37);1H3,(H,2,3,4)/t27-,29-;/m0./s1. The number of alkyl halides is 3. The van der Waals surface area contributed by atoms with Gasteiger partial charge in [-0.2, -0.15) is 21.6 Å². The Labute approximate surface area is 250 Å². The number of nitrogens with one attached hydrogen (secondary N) is 2. The Morgan fingerprint density at radius 2 is 1.51 bits per heavy atom. The number of hydrogen-bond acceptors (Lipinski definition) is 6. The van der Waals surface area contributed by atoms with Crippen LogP contribution in [0.3, 0.4) is 0 Å². The van der Waals surface area contributed by atoms with E-state index >= 15 is 0 Å². The number of ether oxygens (including phenoxy) is 1. The van der Waals surface area contributed by atoms with Gasteiger partial charge in [0.2, 0.25) is 0 Å². The first-order valence-corrected chi connectivity index (χ1v) is 15.7. The highest BCUT2D eigenvalue weighted by Crippen LogP contribution is 2.51. The number of nitrogens with zero attached hydrogens (tertiary/aromatic N) is 1. The third kappa shape index (κ3) is 7.67. The molecule has 3 aliphatic heterocycles. The van der Waals surface area contributed by atoms with Crippen LogP contribution in [0.15, 0.2) is 78.9 Å². The molecule has 3 aromatic carbocycles. The van der Waals surface area contributed by atoms with Crippen LogP contribution in [0.25, 0.3) is 0 Å². The third-order valence-electron chi connectivity index (χ3n) is 8.20. The molecule has 3 N–H and O–H groups in total. The van der Waals surface area contributed by atoms with Crippen molar-refractivity contribution in [2.75, 3.05) is 37.1 Å². The van der Waals surface area contributed by atoms with E-state index in [1.807, 2.05) is 17.4 Å². The van der Waals surface area contributed by atoms with Gasteiger partial charge in [0.05, 0.1) is 19.1 Å². The number of anilines is 2. The van der Waals surface area contributed by atoms with Crippen molar-refractivity contribution in [3.8, 4) is 5.75 Å². The minimum Gasteiger partial charge on any atom is -0.495 e. The summed E-state index contributed by atoms with van der Waals surface area (Å²) >= 11 is 0. The second-order valence-corrected chi connectivity index (χ2v) is 12.5. The van der Waals surface area contributed by atoms with Crippen molar-refractivity contribution >= 4 is 27.4 Å². The predicted octanol–water partition coefficient (Wildman–Crippen LogP) is 5.80. The highest BCUT2D eigenvalue weighted by Gasteiger charge is 2.55. The smallest absolute Gasteiger partial charge is 0.471 e. The summed E-state index contributed by atoms with van der Waals surface area (Å²) in [6.07, 6.45) is -2.21. The lowest BCUT2D eigenvalue weighted by atomic mass is 9.62. The van der Waals surface area contributed by atoms with Crippen LogP contribution in [0, 0.1) is 5.92 Å². The first-order chi connectivity index (χ1) is 20.2. The van der Waals surface area contributed by atoms with Crippen LogP contribution >= 0.6 is 0 Å². The quantitative estimate of drug-likeness (QED) is 0.287. The highest BCUT2D eigenvalue weighted by molar-refractivity contribution is 7.85. The van der Waals surface area contributed by atoms with Gasteiger partial charge in [-0.25, -0.2) is 0 Å². The minimum absolute atomic E-state index is 0.0297. The molecule has 0 spiro atoms. The number of amides is 1. The predicted molar refractivity (Wildman–Crippen MR) is 160 cm³/mol. The van der Waals surface area contributed by atoms with Crippen LogP contribution in [0.2, 0.25) is 0 Å². The number of fused-ring (bicyclic) bond motifs is 3. The fourth-order valence-electron chi connectivity index (χ4n) is 6.44. The maximum Gasteiger partial charge on any atom is 0.471 e. The third-order valence-corrected chi connectivity index (χ3v) is 8.20. The summed E-state index contributed by atoms with van der Waals surface area (Å²) in [5, 5.41) is 5.67. The molecule has 232 valence electrons. The number of methoxy groups -OCH3 is 1. The number of carbonyl (C=O) groups is 1. The van der Waals surface area contributed by atoms with Gasteiger partial charge < -0.3 is 15.4 Å². The summed E-state index contributed by atoms with van der Waals surface area (Å²) < 4.78 is 70.2. The van der Waals surface area contributed by atoms with E-state index in [9.17, 15) is 26.4 Å². The van der Waals surface area contributed by atoms with E-state index in [1.165, 1.54) is 30.4 Å². The van der Waals surface area contributed by atoms with Crippen molar-refractivity contribution in [3.05, 3.63) is 90.0 Å². The molecule has 1 amide bonds. The first kappa shape index (κ1) is 32.3. The van der Waals surface area contributed by atoms with Crippen LogP contribution < -0.4 is 15.4 Å². The molecule has 3 heterocycles. The molecule has 0 saturated carbocycles. The summed E-state index contributed by atoms with van der Waals surface area (Å²) in [7, 11) is -2.14. The molecule has 3 saturated heterocycles. The zero-order valence-electron chi connectivity index (χ0n) is 24.1. The van der Waals surface area contributed by atoms with Crippen LogP contribution in [-0.4, -0.2) is 68.0 Å². The van der Waals surface area contributed by atoms with E-state index in [2.05, 4.69) is 65.7 Å². The Hall–Kier alpha value is -3.61. The number of halogens is 3. The fourth-order valence-corrected chi connectivity index (χ4v) is 6.44. The summed E-state index contributed by atoms with van der Waals surface area (Å²) in [6.45, 7) is 4.26. The van der Waals surface area contributed by atoms with Gasteiger partial charge in [0.15, 0.2) is 0 Å². The number of piperidine rings is 3. The van der Waals surface area contributed by atoms with E-state index in [0.717, 1.165) is 25.9 Å². The van der Waals surface area contributed by atoms with Crippen molar-refractivity contribution in [2.24, 2.45) is 5.92 Å². The molecule has 3 fully saturated rings. The van der Waals surface area contributed by atoms with Crippen molar-refractivity contribution in [3.63, 3.8) is 0 Å². The molecule has 0 unspecified atom stereocenters. The molecule has 2 atom stereocenters. The van der Waals surface area contributed by atoms with Gasteiger partial charge in [-0.15, -0.1) is 0 Å². The molecule has 0 radical (unpaired) electrons. The number of hydrogen-bond donors (Lipinski definition) is 3. The van der Waals surface area contributed by atoms with Crippen molar-refractivity contribution in [1.29, 1.82) is 0 Å². The van der Waals surface area contributed by atoms with E-state index < -0.39 is 22.2 Å². The Morgan fingerprint density at radius 3 is 1.98 bits per heavy atom. The summed E-state index contributed by atoms with van der Waals surface area (Å²) in [5.74, 6) is -1.10. The molecule has 2 bridgehead atoms. The largest absolute Gasteiger partial charge is 0.495 e. The van der Waals surface area contributed by atoms with Crippen molar-refractivity contribution in [2.45, 2.75) is 43.4 Å². The van der Waals surface area contributed by atoms with Gasteiger partial charge in [0.1, 0.15) is 5.75 Å². The Kier molecular flexibility index (Phi) is 9.73. The zero-order valence-corrected chi connectivity index (χ0v) is 25.0. The molecule has 43 heavy (non-hydrogen) atoms. The lowest BCUT2D eigenvalue weighted by molar-refractivity contribution is -0.167. The fraction of sp³-hybridized carbons (Fsp3) is 0.387. The average molecular weight is 620 g/mol. The first-order valence-electron chi connectivity index (χ1n) is 13.8. The van der Waals surface area contributed by atoms with E-state index in [1.54, 1.807) is 6.07 Å². The Morgan fingerprint density at radius 1 is 1.00 bits per heavy atom. The van der Waals surface area contributed by atoms with Crippen LogP contribution in [0.4, 0.5) is 24.5 Å². The monoisotopic (exact) mass is 619 g/mol. The molecule has 8 nitrogen and oxygen atoms in total. The van der Waals surface area contributed by atoms with Crippen LogP contribution in [-0.2, 0) is 14.9 Å². The van der Waals surface area contributed by atoms with Crippen LogP contribution in [0.5, 0.6) is 5.75 Å². The lowest BCUT2D eigenvalue weighted by Gasteiger charge is -2.61. The van der Waals surface area contributed by atoms with Crippen molar-refractivity contribution < 1.29 is 35.7 Å². The molecule has 3 aliphatic rings. The molecular formula is C31H36F3N3O5S. The van der Waals surface area contributed by atoms with Gasteiger partial charge in [-0.3, -0.25) is 14.2 Å². The second kappa shape index (κ2) is 12.9. The lowest BCUT2D eigenvalue weighted by Crippen LogP contribution is -2.70. The molecular weight excluding hydrogens is 583 g/mol. The SMILES string of the molecule is COc1ccc(NC(=O)C(F)(F)F)cc1N[C@H]1C2CCN(CC2)[C@@]1(C)C(c1ccccc1)c1ccccc1.CS(=O)(=O)O. The molecule has 12 heteroatoms. The van der Waals surface area contributed by atoms with Gasteiger partial charge in [0, 0.05) is 23.2 Å². The van der Waals surface area contributed by atoms with Gasteiger partial charge in [0.25, 0.3) is 10.1 Å². The number of rotatable bonds is 7. The maximum absolute atomic E-state index is 12.9.